The molecule has 0 fully saturated rings. The summed E-state index contributed by atoms with van der Waals surface area (Å²) in [5.74, 6) is 0.329. The Morgan fingerprint density at radius 3 is 2.68 bits per heavy atom. The van der Waals surface area contributed by atoms with Gasteiger partial charge in [-0.25, -0.2) is 4.68 Å². The molecule has 0 aliphatic rings. The van der Waals surface area contributed by atoms with Crippen molar-refractivity contribution in [2.45, 2.75) is 38.8 Å². The van der Waals surface area contributed by atoms with E-state index in [9.17, 15) is 9.90 Å². The van der Waals surface area contributed by atoms with Crippen LogP contribution in [0.15, 0.2) is 41.3 Å². The Bertz CT molecular complexity index is 909. The number of aliphatic hydroxyl groups is 1. The quantitative estimate of drug-likeness (QED) is 0.659. The molecule has 1 atom stereocenters. The molecule has 0 radical (unpaired) electrons. The molecule has 132 valence electrons. The summed E-state index contributed by atoms with van der Waals surface area (Å²) >= 11 is 0. The first-order valence-electron chi connectivity index (χ1n) is 8.29. The van der Waals surface area contributed by atoms with Crippen LogP contribution in [0.3, 0.4) is 0 Å². The Balaban J connectivity index is 1.76. The summed E-state index contributed by atoms with van der Waals surface area (Å²) < 4.78 is 1.73. The number of aliphatic hydroxyl groups excluding tert-OH is 1. The van der Waals surface area contributed by atoms with Crippen LogP contribution < -0.4 is 10.9 Å². The van der Waals surface area contributed by atoms with Crippen LogP contribution in [0.1, 0.15) is 26.3 Å². The number of rotatable bonds is 5. The van der Waals surface area contributed by atoms with E-state index >= 15 is 0 Å². The summed E-state index contributed by atoms with van der Waals surface area (Å²) in [6.45, 7) is 6.28. The Morgan fingerprint density at radius 1 is 1.28 bits per heavy atom. The summed E-state index contributed by atoms with van der Waals surface area (Å²) in [7, 11) is 0. The van der Waals surface area contributed by atoms with Gasteiger partial charge in [-0.1, -0.05) is 30.3 Å². The molecule has 0 aliphatic heterocycles. The van der Waals surface area contributed by atoms with Gasteiger partial charge < -0.3 is 10.4 Å². The smallest absolute Gasteiger partial charge is 0.263 e. The second-order valence-electron chi connectivity index (χ2n) is 7.10. The molecule has 0 saturated heterocycles. The molecule has 2 heterocycles. The lowest BCUT2D eigenvalue weighted by molar-refractivity contribution is 0.188. The van der Waals surface area contributed by atoms with Crippen LogP contribution in [0, 0.1) is 0 Å². The third kappa shape index (κ3) is 3.88. The van der Waals surface area contributed by atoms with Crippen molar-refractivity contribution >= 4 is 17.0 Å². The molecule has 0 saturated carbocycles. The van der Waals surface area contributed by atoms with Gasteiger partial charge in [0.25, 0.3) is 5.56 Å². The van der Waals surface area contributed by atoms with Crippen LogP contribution in [-0.2, 0) is 12.0 Å². The molecule has 7 heteroatoms. The second kappa shape index (κ2) is 6.68. The Kier molecular flexibility index (Phi) is 4.59. The van der Waals surface area contributed by atoms with Crippen LogP contribution in [0.5, 0.6) is 0 Å². The Labute approximate surface area is 145 Å². The number of fused-ring (bicyclic) bond motifs is 1. The van der Waals surface area contributed by atoms with E-state index in [0.717, 1.165) is 5.56 Å². The molecule has 3 N–H and O–H groups in total. The molecule has 1 unspecified atom stereocenters. The zero-order chi connectivity index (χ0) is 18.0. The number of H-pyrrole nitrogens is 1. The summed E-state index contributed by atoms with van der Waals surface area (Å²) in [5.41, 5.74) is 1.04. The van der Waals surface area contributed by atoms with Crippen LogP contribution >= 0.6 is 0 Å². The van der Waals surface area contributed by atoms with E-state index < -0.39 is 6.10 Å². The van der Waals surface area contributed by atoms with Gasteiger partial charge in [0, 0.05) is 13.0 Å². The topological polar surface area (TPSA) is 95.8 Å². The van der Waals surface area contributed by atoms with Crippen molar-refractivity contribution in [3.8, 4) is 0 Å². The largest absolute Gasteiger partial charge is 0.391 e. The van der Waals surface area contributed by atoms with Crippen molar-refractivity contribution in [2.75, 3.05) is 11.9 Å². The van der Waals surface area contributed by atoms with Gasteiger partial charge in [-0.3, -0.25) is 9.78 Å². The lowest BCUT2D eigenvalue weighted by Gasteiger charge is -2.20. The first kappa shape index (κ1) is 17.2. The van der Waals surface area contributed by atoms with E-state index in [-0.39, 0.29) is 17.6 Å². The molecular weight excluding hydrogens is 318 g/mol. The van der Waals surface area contributed by atoms with Gasteiger partial charge in [-0.2, -0.15) is 10.1 Å². The van der Waals surface area contributed by atoms with Gasteiger partial charge in [0.15, 0.2) is 5.65 Å². The molecular formula is C18H23N5O2. The average Bonchev–Trinajstić information content (AvgIpc) is 2.99. The monoisotopic (exact) mass is 341 g/mol. The number of hydrogen-bond donors (Lipinski definition) is 3. The first-order chi connectivity index (χ1) is 11.8. The summed E-state index contributed by atoms with van der Waals surface area (Å²) in [5, 5.41) is 17.9. The standard InChI is InChI=1S/C18H23N5O2/c1-18(2,3)23-15-14(11-20-23)16(25)22-17(21-15)19-10-13(24)9-12-7-5-4-6-8-12/h4-8,11,13,24H,9-10H2,1-3H3,(H2,19,21,22,25). The van der Waals surface area contributed by atoms with Crippen molar-refractivity contribution < 1.29 is 5.11 Å². The van der Waals surface area contributed by atoms with Crippen LogP contribution in [0.4, 0.5) is 5.95 Å². The maximum atomic E-state index is 12.2. The maximum Gasteiger partial charge on any atom is 0.263 e. The normalized spacial score (nSPS) is 13.1. The number of benzene rings is 1. The molecule has 3 rings (SSSR count). The minimum atomic E-state index is -0.587. The lowest BCUT2D eigenvalue weighted by Crippen LogP contribution is -2.26. The van der Waals surface area contributed by atoms with E-state index in [2.05, 4.69) is 20.4 Å². The minimum Gasteiger partial charge on any atom is -0.391 e. The molecule has 3 aromatic rings. The van der Waals surface area contributed by atoms with Gasteiger partial charge in [-0.05, 0) is 26.3 Å². The minimum absolute atomic E-state index is 0.249. The predicted octanol–water partition coefficient (Wildman–Crippen LogP) is 1.89. The molecule has 0 amide bonds. The molecule has 0 bridgehead atoms. The lowest BCUT2D eigenvalue weighted by atomic mass is 10.1. The maximum absolute atomic E-state index is 12.2. The van der Waals surface area contributed by atoms with E-state index in [1.807, 2.05) is 51.1 Å². The molecule has 1 aromatic carbocycles. The van der Waals surface area contributed by atoms with Crippen molar-refractivity contribution in [1.82, 2.24) is 19.7 Å². The molecule has 2 aromatic heterocycles. The highest BCUT2D eigenvalue weighted by atomic mass is 16.3. The number of anilines is 1. The molecule has 0 aliphatic carbocycles. The SMILES string of the molecule is CC(C)(C)n1ncc2c(=O)[nH]c(NCC(O)Cc3ccccc3)nc21. The number of hydrogen-bond acceptors (Lipinski definition) is 5. The molecule has 7 nitrogen and oxygen atoms in total. The first-order valence-corrected chi connectivity index (χ1v) is 8.29. The Hall–Kier alpha value is -2.67. The summed E-state index contributed by atoms with van der Waals surface area (Å²) in [4.78, 5) is 19.4. The fourth-order valence-corrected chi connectivity index (χ4v) is 2.67. The average molecular weight is 341 g/mol. The zero-order valence-corrected chi connectivity index (χ0v) is 14.7. The highest BCUT2D eigenvalue weighted by molar-refractivity contribution is 5.74. The zero-order valence-electron chi connectivity index (χ0n) is 14.7. The highest BCUT2D eigenvalue weighted by Crippen LogP contribution is 2.18. The van der Waals surface area contributed by atoms with E-state index in [0.29, 0.717) is 23.4 Å². The van der Waals surface area contributed by atoms with Crippen LogP contribution in [0.25, 0.3) is 11.0 Å². The third-order valence-electron chi connectivity index (χ3n) is 3.89. The summed E-state index contributed by atoms with van der Waals surface area (Å²) in [6, 6.07) is 9.76. The van der Waals surface area contributed by atoms with E-state index in [1.165, 1.54) is 6.20 Å². The fraction of sp³-hybridized carbons (Fsp3) is 0.389. The van der Waals surface area contributed by atoms with Gasteiger partial charge in [0.2, 0.25) is 5.95 Å². The number of aromatic amines is 1. The predicted molar refractivity (Wildman–Crippen MR) is 97.8 cm³/mol. The number of nitrogens with zero attached hydrogens (tertiary/aromatic N) is 3. The second-order valence-corrected chi connectivity index (χ2v) is 7.10. The van der Waals surface area contributed by atoms with Crippen molar-refractivity contribution in [3.63, 3.8) is 0 Å². The number of nitrogens with one attached hydrogen (secondary N) is 2. The van der Waals surface area contributed by atoms with Gasteiger partial charge in [0.1, 0.15) is 5.39 Å². The number of aromatic nitrogens is 4. The summed E-state index contributed by atoms with van der Waals surface area (Å²) in [6.07, 6.45) is 1.47. The van der Waals surface area contributed by atoms with Crippen LogP contribution in [0.2, 0.25) is 0 Å². The van der Waals surface area contributed by atoms with E-state index in [4.69, 9.17) is 0 Å². The highest BCUT2D eigenvalue weighted by Gasteiger charge is 2.20. The van der Waals surface area contributed by atoms with Gasteiger partial charge in [0.05, 0.1) is 17.8 Å². The molecule has 0 spiro atoms. The van der Waals surface area contributed by atoms with Crippen molar-refractivity contribution in [1.29, 1.82) is 0 Å². The van der Waals surface area contributed by atoms with Gasteiger partial charge in [-0.15, -0.1) is 0 Å². The fourth-order valence-electron chi connectivity index (χ4n) is 2.67. The van der Waals surface area contributed by atoms with Crippen molar-refractivity contribution in [2.24, 2.45) is 0 Å². The van der Waals surface area contributed by atoms with E-state index in [1.54, 1.807) is 4.68 Å². The third-order valence-corrected chi connectivity index (χ3v) is 3.89. The Morgan fingerprint density at radius 2 is 2.00 bits per heavy atom. The van der Waals surface area contributed by atoms with Crippen LogP contribution in [-0.4, -0.2) is 37.5 Å². The van der Waals surface area contributed by atoms with Gasteiger partial charge >= 0.3 is 0 Å². The van der Waals surface area contributed by atoms with Crippen molar-refractivity contribution in [3.05, 3.63) is 52.4 Å². The molecule has 25 heavy (non-hydrogen) atoms.